The number of aryl methyl sites for hydroxylation is 1. The molecule has 0 heterocycles. The van der Waals surface area contributed by atoms with E-state index in [1.54, 1.807) is 13.0 Å². The summed E-state index contributed by atoms with van der Waals surface area (Å²) in [5.74, 6) is -3.46. The van der Waals surface area contributed by atoms with Gasteiger partial charge in [-0.15, -0.1) is 0 Å². The van der Waals surface area contributed by atoms with Gasteiger partial charge in [-0.2, -0.15) is 0 Å². The maximum Gasteiger partial charge on any atom is 0.167 e. The molecule has 1 aliphatic rings. The smallest absolute Gasteiger partial charge is 0.167 e. The van der Waals surface area contributed by atoms with Crippen molar-refractivity contribution in [3.05, 3.63) is 58.7 Å². The van der Waals surface area contributed by atoms with Gasteiger partial charge in [0.05, 0.1) is 0 Å². The van der Waals surface area contributed by atoms with Crippen molar-refractivity contribution in [1.29, 1.82) is 0 Å². The number of benzene rings is 2. The average molecular weight is 392 g/mol. The Labute approximate surface area is 165 Å². The van der Waals surface area contributed by atoms with Gasteiger partial charge in [0.2, 0.25) is 0 Å². The third kappa shape index (κ3) is 4.11. The minimum atomic E-state index is -1.12. The third-order valence-corrected chi connectivity index (χ3v) is 6.20. The zero-order chi connectivity index (χ0) is 20.3. The Kier molecular flexibility index (Phi) is 6.79. The van der Waals surface area contributed by atoms with E-state index in [-0.39, 0.29) is 22.6 Å². The molecule has 0 saturated heterocycles. The van der Waals surface area contributed by atoms with Crippen LogP contribution in [0.25, 0.3) is 11.1 Å². The van der Waals surface area contributed by atoms with E-state index in [4.69, 9.17) is 0 Å². The minimum Gasteiger partial charge on any atom is -0.203 e. The Morgan fingerprint density at radius 1 is 0.750 bits per heavy atom. The van der Waals surface area contributed by atoms with Crippen molar-refractivity contribution >= 4 is 0 Å². The molecule has 4 heteroatoms. The SMILES string of the molecule is CCCCC1CCC(c2ccc(-c3ccc(CC)c(F)c3F)c(F)c2F)CC1. The Hall–Kier alpha value is -1.84. The zero-order valence-electron chi connectivity index (χ0n) is 16.6. The van der Waals surface area contributed by atoms with E-state index in [1.165, 1.54) is 37.5 Å². The van der Waals surface area contributed by atoms with Crippen LogP contribution in [0.5, 0.6) is 0 Å². The Morgan fingerprint density at radius 3 is 1.96 bits per heavy atom. The molecule has 0 N–H and O–H groups in total. The van der Waals surface area contributed by atoms with Crippen LogP contribution in [0, 0.1) is 29.2 Å². The van der Waals surface area contributed by atoms with Gasteiger partial charge in [0.1, 0.15) is 0 Å². The normalized spacial score (nSPS) is 19.8. The first-order chi connectivity index (χ1) is 13.5. The molecule has 0 spiro atoms. The van der Waals surface area contributed by atoms with Crippen LogP contribution in [-0.4, -0.2) is 0 Å². The van der Waals surface area contributed by atoms with Gasteiger partial charge in [0.25, 0.3) is 0 Å². The summed E-state index contributed by atoms with van der Waals surface area (Å²) in [4.78, 5) is 0. The zero-order valence-corrected chi connectivity index (χ0v) is 16.6. The first-order valence-electron chi connectivity index (χ1n) is 10.4. The fraction of sp³-hybridized carbons (Fsp3) is 0.500. The second-order valence-electron chi connectivity index (χ2n) is 7.94. The topological polar surface area (TPSA) is 0 Å². The Morgan fingerprint density at radius 2 is 1.36 bits per heavy atom. The van der Waals surface area contributed by atoms with Crippen LogP contribution < -0.4 is 0 Å². The Bertz CT molecular complexity index is 820. The van der Waals surface area contributed by atoms with Crippen molar-refractivity contribution in [3.63, 3.8) is 0 Å². The molecule has 1 aliphatic carbocycles. The highest BCUT2D eigenvalue weighted by Crippen LogP contribution is 2.40. The summed E-state index contributed by atoms with van der Waals surface area (Å²) >= 11 is 0. The highest BCUT2D eigenvalue weighted by molar-refractivity contribution is 5.66. The molecule has 0 aliphatic heterocycles. The Balaban J connectivity index is 1.84. The maximum atomic E-state index is 14.8. The molecule has 1 fully saturated rings. The fourth-order valence-electron chi connectivity index (χ4n) is 4.41. The molecule has 0 unspecified atom stereocenters. The molecule has 0 aromatic heterocycles. The molecule has 152 valence electrons. The highest BCUT2D eigenvalue weighted by atomic mass is 19.2. The molecular weight excluding hydrogens is 364 g/mol. The van der Waals surface area contributed by atoms with Gasteiger partial charge in [-0.25, -0.2) is 17.6 Å². The standard InChI is InChI=1S/C24H28F4/c1-3-5-6-15-7-9-17(10-8-15)18-13-14-20(24(28)22(18)26)19-12-11-16(4-2)21(25)23(19)27/h11-15,17H,3-10H2,1-2H3. The van der Waals surface area contributed by atoms with Gasteiger partial charge in [0.15, 0.2) is 23.3 Å². The summed E-state index contributed by atoms with van der Waals surface area (Å²) in [7, 11) is 0. The second-order valence-corrected chi connectivity index (χ2v) is 7.94. The van der Waals surface area contributed by atoms with E-state index in [9.17, 15) is 17.6 Å². The van der Waals surface area contributed by atoms with Gasteiger partial charge < -0.3 is 0 Å². The van der Waals surface area contributed by atoms with Gasteiger partial charge in [-0.1, -0.05) is 57.4 Å². The minimum absolute atomic E-state index is 0.00882. The molecule has 28 heavy (non-hydrogen) atoms. The summed E-state index contributed by atoms with van der Waals surface area (Å²) in [6.45, 7) is 3.89. The first-order valence-corrected chi connectivity index (χ1v) is 10.4. The van der Waals surface area contributed by atoms with Crippen LogP contribution in [0.15, 0.2) is 24.3 Å². The first kappa shape index (κ1) is 20.9. The van der Waals surface area contributed by atoms with Crippen LogP contribution in [0.3, 0.4) is 0 Å². The maximum absolute atomic E-state index is 14.8. The van der Waals surface area contributed by atoms with E-state index in [0.29, 0.717) is 17.9 Å². The van der Waals surface area contributed by atoms with Crippen molar-refractivity contribution in [3.8, 4) is 11.1 Å². The van der Waals surface area contributed by atoms with Gasteiger partial charge >= 0.3 is 0 Å². The predicted octanol–water partition coefficient (Wildman–Crippen LogP) is 7.94. The number of halogens is 4. The molecule has 2 aromatic carbocycles. The molecule has 0 radical (unpaired) electrons. The van der Waals surface area contributed by atoms with Gasteiger partial charge in [-0.05, 0) is 55.1 Å². The van der Waals surface area contributed by atoms with E-state index < -0.39 is 23.3 Å². The van der Waals surface area contributed by atoms with Gasteiger partial charge in [0, 0.05) is 11.1 Å². The average Bonchev–Trinajstić information content (AvgIpc) is 2.71. The molecule has 2 aromatic rings. The quantitative estimate of drug-likeness (QED) is 0.438. The molecule has 0 bridgehead atoms. The third-order valence-electron chi connectivity index (χ3n) is 6.20. The molecule has 0 atom stereocenters. The summed E-state index contributed by atoms with van der Waals surface area (Å²) in [5, 5.41) is 0. The predicted molar refractivity (Wildman–Crippen MR) is 105 cm³/mol. The fourth-order valence-corrected chi connectivity index (χ4v) is 4.41. The lowest BCUT2D eigenvalue weighted by Crippen LogP contribution is -2.15. The molecule has 0 nitrogen and oxygen atoms in total. The molecule has 3 rings (SSSR count). The monoisotopic (exact) mass is 392 g/mol. The van der Waals surface area contributed by atoms with E-state index >= 15 is 0 Å². The van der Waals surface area contributed by atoms with E-state index in [1.807, 2.05) is 0 Å². The van der Waals surface area contributed by atoms with Crippen LogP contribution in [0.2, 0.25) is 0 Å². The van der Waals surface area contributed by atoms with Crippen LogP contribution in [-0.2, 0) is 6.42 Å². The number of unbranched alkanes of at least 4 members (excludes halogenated alkanes) is 1. The summed E-state index contributed by atoms with van der Waals surface area (Å²) in [6.07, 6.45) is 7.69. The lowest BCUT2D eigenvalue weighted by Gasteiger charge is -2.29. The molecule has 1 saturated carbocycles. The summed E-state index contributed by atoms with van der Waals surface area (Å²) in [6, 6.07) is 5.69. The lowest BCUT2D eigenvalue weighted by atomic mass is 9.76. The summed E-state index contributed by atoms with van der Waals surface area (Å²) < 4.78 is 58.1. The molecular formula is C24H28F4. The van der Waals surface area contributed by atoms with Gasteiger partial charge in [-0.3, -0.25) is 0 Å². The second kappa shape index (κ2) is 9.11. The van der Waals surface area contributed by atoms with Crippen molar-refractivity contribution in [2.45, 2.75) is 71.1 Å². The number of hydrogen-bond donors (Lipinski definition) is 0. The van der Waals surface area contributed by atoms with E-state index in [2.05, 4.69) is 6.92 Å². The van der Waals surface area contributed by atoms with Crippen molar-refractivity contribution < 1.29 is 17.6 Å². The van der Waals surface area contributed by atoms with Crippen molar-refractivity contribution in [2.24, 2.45) is 5.92 Å². The largest absolute Gasteiger partial charge is 0.203 e. The van der Waals surface area contributed by atoms with E-state index in [0.717, 1.165) is 25.7 Å². The van der Waals surface area contributed by atoms with Crippen molar-refractivity contribution in [2.75, 3.05) is 0 Å². The highest BCUT2D eigenvalue weighted by Gasteiger charge is 2.27. The van der Waals surface area contributed by atoms with Crippen LogP contribution in [0.4, 0.5) is 17.6 Å². The number of hydrogen-bond acceptors (Lipinski definition) is 0. The molecule has 0 amide bonds. The summed E-state index contributed by atoms with van der Waals surface area (Å²) in [5.41, 5.74) is 0.123. The van der Waals surface area contributed by atoms with Crippen molar-refractivity contribution in [1.82, 2.24) is 0 Å². The van der Waals surface area contributed by atoms with Crippen LogP contribution >= 0.6 is 0 Å². The lowest BCUT2D eigenvalue weighted by molar-refractivity contribution is 0.299. The van der Waals surface area contributed by atoms with Crippen LogP contribution in [0.1, 0.15) is 75.8 Å². The number of rotatable bonds is 6.